The van der Waals surface area contributed by atoms with Crippen LogP contribution in [0.2, 0.25) is 0 Å². The van der Waals surface area contributed by atoms with E-state index in [9.17, 15) is 19.6 Å². The predicted octanol–water partition coefficient (Wildman–Crippen LogP) is 2.54. The van der Waals surface area contributed by atoms with Crippen LogP contribution in [-0.4, -0.2) is 44.5 Å². The van der Waals surface area contributed by atoms with Gasteiger partial charge in [0.2, 0.25) is 0 Å². The molecule has 2 aromatic heterocycles. The normalized spacial score (nSPS) is 20.1. The maximum Gasteiger partial charge on any atom is 0.255 e. The highest BCUT2D eigenvalue weighted by Gasteiger charge is 2.29. The van der Waals surface area contributed by atoms with Crippen molar-refractivity contribution >= 4 is 11.7 Å². The van der Waals surface area contributed by atoms with E-state index in [-0.39, 0.29) is 35.3 Å². The van der Waals surface area contributed by atoms with Gasteiger partial charge in [0.25, 0.3) is 5.91 Å². The van der Waals surface area contributed by atoms with Gasteiger partial charge >= 0.3 is 0 Å². The standard InChI is InChI=1S/C23H21FN6O2/c1-13-5-6-15(31)12-29(13)20-7-8-30(28-20)19-9-17(27-18-11-26-23(32)22(18)19)21-14(10-25)3-2-4-16(21)24/h2-4,7-9,13,15,31H,5-6,11-12H2,1H3,(H,26,32)/t13-,15?/m0/s1. The molecule has 1 fully saturated rings. The van der Waals surface area contributed by atoms with Gasteiger partial charge in [0.1, 0.15) is 5.82 Å². The Morgan fingerprint density at radius 2 is 2.12 bits per heavy atom. The third kappa shape index (κ3) is 3.29. The van der Waals surface area contributed by atoms with Crippen LogP contribution in [0.1, 0.15) is 41.4 Å². The van der Waals surface area contributed by atoms with E-state index in [1.54, 1.807) is 16.9 Å². The molecule has 5 rings (SSSR count). The summed E-state index contributed by atoms with van der Waals surface area (Å²) in [6.07, 6.45) is 2.93. The van der Waals surface area contributed by atoms with Crippen molar-refractivity contribution < 1.29 is 14.3 Å². The molecule has 0 bridgehead atoms. The Labute approximate surface area is 183 Å². The van der Waals surface area contributed by atoms with Crippen molar-refractivity contribution in [2.24, 2.45) is 0 Å². The van der Waals surface area contributed by atoms with Gasteiger partial charge in [-0.1, -0.05) is 6.07 Å². The molecule has 2 N–H and O–H groups in total. The highest BCUT2D eigenvalue weighted by Crippen LogP contribution is 2.32. The number of aromatic nitrogens is 3. The van der Waals surface area contributed by atoms with Gasteiger partial charge < -0.3 is 15.3 Å². The van der Waals surface area contributed by atoms with Crippen molar-refractivity contribution in [3.63, 3.8) is 0 Å². The fraction of sp³-hybridized carbons (Fsp3) is 0.304. The number of anilines is 1. The number of nitriles is 1. The summed E-state index contributed by atoms with van der Waals surface area (Å²) in [5.41, 5.74) is 1.85. The lowest BCUT2D eigenvalue weighted by Crippen LogP contribution is -2.44. The maximum atomic E-state index is 14.7. The smallest absolute Gasteiger partial charge is 0.255 e. The van der Waals surface area contributed by atoms with Crippen LogP contribution in [-0.2, 0) is 6.54 Å². The number of hydrogen-bond acceptors (Lipinski definition) is 6. The first-order chi connectivity index (χ1) is 15.5. The number of benzene rings is 1. The number of fused-ring (bicyclic) bond motifs is 1. The highest BCUT2D eigenvalue weighted by atomic mass is 19.1. The number of halogens is 1. The zero-order chi connectivity index (χ0) is 22.4. The van der Waals surface area contributed by atoms with E-state index in [1.807, 2.05) is 17.0 Å². The highest BCUT2D eigenvalue weighted by molar-refractivity contribution is 6.01. The number of β-amino-alcohol motifs (C(OH)–C–C–N with tert-alkyl or cyclic N) is 1. The second kappa shape index (κ2) is 7.73. The minimum Gasteiger partial charge on any atom is -0.391 e. The molecule has 3 aromatic rings. The molecule has 0 saturated carbocycles. The Morgan fingerprint density at radius 1 is 1.28 bits per heavy atom. The van der Waals surface area contributed by atoms with Crippen molar-refractivity contribution in [3.8, 4) is 23.0 Å². The van der Waals surface area contributed by atoms with Gasteiger partial charge in [-0.15, -0.1) is 0 Å². The van der Waals surface area contributed by atoms with Crippen molar-refractivity contribution in [2.45, 2.75) is 38.5 Å². The van der Waals surface area contributed by atoms with Gasteiger partial charge in [-0.3, -0.25) is 4.79 Å². The van der Waals surface area contributed by atoms with Crippen LogP contribution in [0.25, 0.3) is 16.9 Å². The monoisotopic (exact) mass is 432 g/mol. The van der Waals surface area contributed by atoms with Gasteiger partial charge in [-0.05, 0) is 38.0 Å². The van der Waals surface area contributed by atoms with Crippen LogP contribution < -0.4 is 10.2 Å². The van der Waals surface area contributed by atoms with Gasteiger partial charge in [-0.2, -0.15) is 10.4 Å². The second-order valence-corrected chi connectivity index (χ2v) is 8.16. The van der Waals surface area contributed by atoms with Gasteiger partial charge in [-0.25, -0.2) is 14.1 Å². The van der Waals surface area contributed by atoms with Gasteiger partial charge in [0.15, 0.2) is 5.82 Å². The number of nitrogens with zero attached hydrogens (tertiary/aromatic N) is 5. The molecule has 2 aliphatic rings. The van der Waals surface area contributed by atoms with Crippen LogP contribution in [0.15, 0.2) is 36.5 Å². The van der Waals surface area contributed by atoms with Gasteiger partial charge in [0, 0.05) is 24.8 Å². The summed E-state index contributed by atoms with van der Waals surface area (Å²) in [5, 5.41) is 27.0. The van der Waals surface area contributed by atoms with E-state index >= 15 is 0 Å². The summed E-state index contributed by atoms with van der Waals surface area (Å²) < 4.78 is 16.3. The van der Waals surface area contributed by atoms with E-state index < -0.39 is 11.9 Å². The van der Waals surface area contributed by atoms with Crippen LogP contribution in [0.5, 0.6) is 0 Å². The topological polar surface area (TPSA) is 107 Å². The first-order valence-electron chi connectivity index (χ1n) is 10.5. The molecule has 9 heteroatoms. The summed E-state index contributed by atoms with van der Waals surface area (Å²) in [7, 11) is 0. The van der Waals surface area contributed by atoms with Crippen LogP contribution >= 0.6 is 0 Å². The molecule has 2 aliphatic heterocycles. The van der Waals surface area contributed by atoms with Crippen molar-refractivity contribution in [1.29, 1.82) is 5.26 Å². The lowest BCUT2D eigenvalue weighted by molar-refractivity contribution is 0.0965. The van der Waals surface area contributed by atoms with E-state index in [1.165, 1.54) is 18.2 Å². The quantitative estimate of drug-likeness (QED) is 0.659. The molecule has 1 saturated heterocycles. The van der Waals surface area contributed by atoms with E-state index in [0.717, 1.165) is 12.8 Å². The molecular formula is C23H21FN6O2. The zero-order valence-corrected chi connectivity index (χ0v) is 17.4. The Morgan fingerprint density at radius 3 is 2.94 bits per heavy atom. The van der Waals surface area contributed by atoms with E-state index in [4.69, 9.17) is 0 Å². The molecule has 32 heavy (non-hydrogen) atoms. The minimum atomic E-state index is -0.558. The average Bonchev–Trinajstić information content (AvgIpc) is 3.42. The summed E-state index contributed by atoms with van der Waals surface area (Å²) >= 11 is 0. The first kappa shape index (κ1) is 20.2. The summed E-state index contributed by atoms with van der Waals surface area (Å²) in [4.78, 5) is 19.1. The zero-order valence-electron chi connectivity index (χ0n) is 17.4. The number of amides is 1. The number of hydrogen-bond donors (Lipinski definition) is 2. The van der Waals surface area contributed by atoms with Crippen LogP contribution in [0, 0.1) is 17.1 Å². The maximum absolute atomic E-state index is 14.7. The molecule has 0 spiro atoms. The molecular weight excluding hydrogens is 411 g/mol. The Hall–Kier alpha value is -3.77. The number of nitrogens with one attached hydrogen (secondary N) is 1. The Balaban J connectivity index is 1.64. The molecule has 1 unspecified atom stereocenters. The first-order valence-corrected chi connectivity index (χ1v) is 10.5. The number of carbonyl (C=O) groups excluding carboxylic acids is 1. The summed E-state index contributed by atoms with van der Waals surface area (Å²) in [6.45, 7) is 2.79. The summed E-state index contributed by atoms with van der Waals surface area (Å²) in [6, 6.07) is 9.95. The number of carbonyl (C=O) groups is 1. The average molecular weight is 432 g/mol. The molecule has 162 valence electrons. The third-order valence-electron chi connectivity index (χ3n) is 6.08. The minimum absolute atomic E-state index is 0.0959. The van der Waals surface area contributed by atoms with Crippen molar-refractivity contribution in [3.05, 3.63) is 59.2 Å². The van der Waals surface area contributed by atoms with E-state index in [2.05, 4.69) is 22.3 Å². The van der Waals surface area contributed by atoms with Crippen LogP contribution in [0.3, 0.4) is 0 Å². The molecule has 0 aliphatic carbocycles. The van der Waals surface area contributed by atoms with E-state index in [0.29, 0.717) is 29.3 Å². The number of pyridine rings is 1. The Bertz CT molecular complexity index is 1260. The fourth-order valence-corrected chi connectivity index (χ4v) is 4.41. The Kier molecular flexibility index (Phi) is 4.87. The number of aliphatic hydroxyl groups excluding tert-OH is 1. The lowest BCUT2D eigenvalue weighted by Gasteiger charge is -2.36. The third-order valence-corrected chi connectivity index (χ3v) is 6.08. The molecule has 2 atom stereocenters. The molecule has 4 heterocycles. The fourth-order valence-electron chi connectivity index (χ4n) is 4.41. The lowest BCUT2D eigenvalue weighted by atomic mass is 10.0. The predicted molar refractivity (Wildman–Crippen MR) is 115 cm³/mol. The SMILES string of the molecule is C[C@H]1CCC(O)CN1c1ccn(-c2cc(-c3c(F)cccc3C#N)nc3c2C(=O)NC3)n1. The molecule has 8 nitrogen and oxygen atoms in total. The number of rotatable bonds is 3. The van der Waals surface area contributed by atoms with Crippen molar-refractivity contribution in [1.82, 2.24) is 20.1 Å². The van der Waals surface area contributed by atoms with Crippen molar-refractivity contribution in [2.75, 3.05) is 11.4 Å². The number of aliphatic hydroxyl groups is 1. The number of piperidine rings is 1. The second-order valence-electron chi connectivity index (χ2n) is 8.16. The molecule has 1 aromatic carbocycles. The van der Waals surface area contributed by atoms with Gasteiger partial charge in [0.05, 0.1) is 52.5 Å². The molecule has 0 radical (unpaired) electrons. The largest absolute Gasteiger partial charge is 0.391 e. The molecule has 1 amide bonds. The summed E-state index contributed by atoms with van der Waals surface area (Å²) in [5.74, 6) is -0.149. The van der Waals surface area contributed by atoms with Crippen LogP contribution in [0.4, 0.5) is 10.2 Å².